The fraction of sp³-hybridized carbons (Fsp3) is 0.368. The molecule has 0 spiro atoms. The van der Waals surface area contributed by atoms with E-state index >= 15 is 0 Å². The predicted molar refractivity (Wildman–Crippen MR) is 100 cm³/mol. The van der Waals surface area contributed by atoms with Crippen LogP contribution in [0.2, 0.25) is 0 Å². The highest BCUT2D eigenvalue weighted by atomic mass is 16.6. The first-order chi connectivity index (χ1) is 13.0. The molecule has 0 radical (unpaired) electrons. The molecular formula is C19H24N4O4. The number of anilines is 1. The molecule has 0 bridgehead atoms. The Morgan fingerprint density at radius 1 is 1.30 bits per heavy atom. The molecule has 1 amide bonds. The highest BCUT2D eigenvalue weighted by Gasteiger charge is 2.37. The van der Waals surface area contributed by atoms with Gasteiger partial charge in [0.2, 0.25) is 0 Å². The van der Waals surface area contributed by atoms with E-state index in [1.165, 1.54) is 0 Å². The molecule has 0 aliphatic carbocycles. The number of carbonyl (C=O) groups is 1. The predicted octanol–water partition coefficient (Wildman–Crippen LogP) is 0.843. The van der Waals surface area contributed by atoms with E-state index in [9.17, 15) is 9.90 Å². The normalized spacial score (nSPS) is 21.6. The molecule has 2 heterocycles. The Morgan fingerprint density at radius 3 is 2.70 bits per heavy atom. The van der Waals surface area contributed by atoms with Crippen molar-refractivity contribution in [2.75, 3.05) is 19.4 Å². The van der Waals surface area contributed by atoms with Gasteiger partial charge < -0.3 is 30.9 Å². The molecule has 3 atom stereocenters. The van der Waals surface area contributed by atoms with Crippen LogP contribution < -0.4 is 21.1 Å². The maximum atomic E-state index is 12.1. The minimum atomic E-state index is -0.753. The molecule has 1 aliphatic heterocycles. The number of pyridine rings is 1. The first kappa shape index (κ1) is 18.9. The summed E-state index contributed by atoms with van der Waals surface area (Å²) in [7, 11) is 1.62. The number of ether oxygens (including phenoxy) is 2. The number of alkyl carbamates (subject to hydrolysis) is 1. The summed E-state index contributed by atoms with van der Waals surface area (Å²) in [6.07, 6.45) is 0.253. The lowest BCUT2D eigenvalue weighted by Gasteiger charge is -2.22. The van der Waals surface area contributed by atoms with Crippen LogP contribution >= 0.6 is 0 Å². The summed E-state index contributed by atoms with van der Waals surface area (Å²) in [5.41, 5.74) is 7.40. The van der Waals surface area contributed by atoms with Crippen LogP contribution in [-0.4, -0.2) is 48.1 Å². The highest BCUT2D eigenvalue weighted by Crippen LogP contribution is 2.19. The third-order valence-corrected chi connectivity index (χ3v) is 4.51. The molecule has 1 saturated heterocycles. The number of hydrogen-bond acceptors (Lipinski definition) is 7. The van der Waals surface area contributed by atoms with Crippen LogP contribution in [0, 0.1) is 0 Å². The lowest BCUT2D eigenvalue weighted by molar-refractivity contribution is 0.0188. The second kappa shape index (κ2) is 8.70. The van der Waals surface area contributed by atoms with E-state index in [1.807, 2.05) is 24.3 Å². The van der Waals surface area contributed by atoms with Gasteiger partial charge in [-0.1, -0.05) is 18.2 Å². The summed E-state index contributed by atoms with van der Waals surface area (Å²) in [6, 6.07) is 10.9. The Labute approximate surface area is 157 Å². The standard InChI is InChI=1S/C19H24N4O4/c1-26-14-5-2-12(3-6-14)8-15-18(16(24)11-21-15)27-19(25)23-10-13-4-7-17(20)22-9-13/h2-7,9,15-16,18,21,24H,8,10-11H2,1H3,(H2,20,22)(H,23,25)/t15-,16?,18+/m1/s1. The van der Waals surface area contributed by atoms with Crippen LogP contribution in [0.25, 0.3) is 0 Å². The summed E-state index contributed by atoms with van der Waals surface area (Å²) in [6.45, 7) is 0.645. The molecule has 8 nitrogen and oxygen atoms in total. The lowest BCUT2D eigenvalue weighted by atomic mass is 10.0. The minimum absolute atomic E-state index is 0.169. The second-order valence-electron chi connectivity index (χ2n) is 6.45. The van der Waals surface area contributed by atoms with Gasteiger partial charge in [0.1, 0.15) is 23.8 Å². The SMILES string of the molecule is COc1ccc(C[C@H]2NCC(O)[C@H]2OC(=O)NCc2ccc(N)nc2)cc1. The van der Waals surface area contributed by atoms with Crippen LogP contribution in [0.5, 0.6) is 5.75 Å². The highest BCUT2D eigenvalue weighted by molar-refractivity contribution is 5.67. The molecule has 3 rings (SSSR count). The maximum Gasteiger partial charge on any atom is 0.407 e. The number of nitrogens with two attached hydrogens (primary N) is 1. The average molecular weight is 372 g/mol. The van der Waals surface area contributed by atoms with Gasteiger partial charge >= 0.3 is 6.09 Å². The van der Waals surface area contributed by atoms with Crippen LogP contribution in [0.3, 0.4) is 0 Å². The zero-order valence-electron chi connectivity index (χ0n) is 15.1. The van der Waals surface area contributed by atoms with Gasteiger partial charge in [-0.25, -0.2) is 9.78 Å². The number of benzene rings is 1. The van der Waals surface area contributed by atoms with Crippen molar-refractivity contribution < 1.29 is 19.4 Å². The van der Waals surface area contributed by atoms with Crippen molar-refractivity contribution in [3.63, 3.8) is 0 Å². The number of amides is 1. The Balaban J connectivity index is 1.54. The van der Waals surface area contributed by atoms with Crippen molar-refractivity contribution in [3.05, 3.63) is 53.7 Å². The number of hydrogen-bond donors (Lipinski definition) is 4. The largest absolute Gasteiger partial charge is 0.497 e. The quantitative estimate of drug-likeness (QED) is 0.593. The van der Waals surface area contributed by atoms with Gasteiger partial charge in [-0.2, -0.15) is 0 Å². The van der Waals surface area contributed by atoms with Gasteiger partial charge in [0.05, 0.1) is 13.2 Å². The minimum Gasteiger partial charge on any atom is -0.497 e. The van der Waals surface area contributed by atoms with E-state index in [2.05, 4.69) is 15.6 Å². The maximum absolute atomic E-state index is 12.1. The molecule has 8 heteroatoms. The molecule has 1 aromatic heterocycles. The first-order valence-electron chi connectivity index (χ1n) is 8.74. The van der Waals surface area contributed by atoms with E-state index in [1.54, 1.807) is 25.4 Å². The van der Waals surface area contributed by atoms with Crippen LogP contribution in [0.4, 0.5) is 10.6 Å². The molecule has 1 aliphatic rings. The number of nitrogen functional groups attached to an aromatic ring is 1. The molecule has 2 aromatic rings. The zero-order valence-corrected chi connectivity index (χ0v) is 15.1. The van der Waals surface area contributed by atoms with Crippen molar-refractivity contribution >= 4 is 11.9 Å². The van der Waals surface area contributed by atoms with Crippen LogP contribution in [-0.2, 0) is 17.7 Å². The van der Waals surface area contributed by atoms with Crippen molar-refractivity contribution in [2.45, 2.75) is 31.2 Å². The van der Waals surface area contributed by atoms with Crippen molar-refractivity contribution in [2.24, 2.45) is 0 Å². The van der Waals surface area contributed by atoms with Crippen molar-refractivity contribution in [3.8, 4) is 5.75 Å². The Kier molecular flexibility index (Phi) is 6.10. The summed E-state index contributed by atoms with van der Waals surface area (Å²) in [5.74, 6) is 1.20. The molecule has 27 heavy (non-hydrogen) atoms. The number of methoxy groups -OCH3 is 1. The van der Waals surface area contributed by atoms with Gasteiger partial charge in [-0.05, 0) is 35.7 Å². The average Bonchev–Trinajstić information content (AvgIpc) is 3.01. The van der Waals surface area contributed by atoms with Crippen molar-refractivity contribution in [1.82, 2.24) is 15.6 Å². The van der Waals surface area contributed by atoms with E-state index in [0.717, 1.165) is 16.9 Å². The zero-order chi connectivity index (χ0) is 19.2. The molecule has 1 unspecified atom stereocenters. The summed E-state index contributed by atoms with van der Waals surface area (Å²) < 4.78 is 10.6. The molecule has 144 valence electrons. The van der Waals surface area contributed by atoms with Gasteiger partial charge in [-0.3, -0.25) is 0 Å². The number of nitrogens with one attached hydrogen (secondary N) is 2. The van der Waals surface area contributed by atoms with E-state index in [-0.39, 0.29) is 12.6 Å². The monoisotopic (exact) mass is 372 g/mol. The molecular weight excluding hydrogens is 348 g/mol. The van der Waals surface area contributed by atoms with Crippen molar-refractivity contribution in [1.29, 1.82) is 0 Å². The number of rotatable bonds is 6. The van der Waals surface area contributed by atoms with Gasteiger partial charge in [0.15, 0.2) is 0 Å². The fourth-order valence-electron chi connectivity index (χ4n) is 3.02. The van der Waals surface area contributed by atoms with Gasteiger partial charge in [-0.15, -0.1) is 0 Å². The second-order valence-corrected chi connectivity index (χ2v) is 6.45. The summed E-state index contributed by atoms with van der Waals surface area (Å²) >= 11 is 0. The number of carbonyl (C=O) groups excluding carboxylic acids is 1. The summed E-state index contributed by atoms with van der Waals surface area (Å²) in [4.78, 5) is 16.1. The van der Waals surface area contributed by atoms with Gasteiger partial charge in [0, 0.05) is 19.3 Å². The topological polar surface area (TPSA) is 119 Å². The number of β-amino-alcohol motifs (C(OH)–C–C–N with tert-alkyl or cyclic N) is 1. The molecule has 1 aromatic carbocycles. The lowest BCUT2D eigenvalue weighted by Crippen LogP contribution is -2.41. The number of aliphatic hydroxyl groups excluding tert-OH is 1. The number of nitrogens with zero attached hydrogens (tertiary/aromatic N) is 1. The first-order valence-corrected chi connectivity index (χ1v) is 8.74. The van der Waals surface area contributed by atoms with Crippen LogP contribution in [0.1, 0.15) is 11.1 Å². The third-order valence-electron chi connectivity index (χ3n) is 4.51. The van der Waals surface area contributed by atoms with Crippen LogP contribution in [0.15, 0.2) is 42.6 Å². The Morgan fingerprint density at radius 2 is 2.04 bits per heavy atom. The number of aromatic nitrogens is 1. The smallest absolute Gasteiger partial charge is 0.407 e. The third kappa shape index (κ3) is 5.08. The van der Waals surface area contributed by atoms with E-state index in [0.29, 0.717) is 18.8 Å². The fourth-order valence-corrected chi connectivity index (χ4v) is 3.02. The van der Waals surface area contributed by atoms with Gasteiger partial charge in [0.25, 0.3) is 0 Å². The Bertz CT molecular complexity index is 751. The number of aliphatic hydroxyl groups is 1. The van der Waals surface area contributed by atoms with E-state index in [4.69, 9.17) is 15.2 Å². The summed E-state index contributed by atoms with van der Waals surface area (Å²) in [5, 5.41) is 16.0. The molecule has 1 fully saturated rings. The molecule has 5 N–H and O–H groups in total. The molecule has 0 saturated carbocycles. The Hall–Kier alpha value is -2.84. The van der Waals surface area contributed by atoms with E-state index < -0.39 is 18.3 Å².